The second-order valence-electron chi connectivity index (χ2n) is 3.81. The Morgan fingerprint density at radius 3 is 2.47 bits per heavy atom. The fourth-order valence-electron chi connectivity index (χ4n) is 1.70. The van der Waals surface area contributed by atoms with Crippen molar-refractivity contribution in [3.8, 4) is 0 Å². The minimum Gasteiger partial charge on any atom is -0.548 e. The zero-order valence-corrected chi connectivity index (χ0v) is 16.0. The van der Waals surface area contributed by atoms with E-state index in [0.29, 0.717) is 6.42 Å². The first-order valence-corrected chi connectivity index (χ1v) is 5.11. The quantitative estimate of drug-likeness (QED) is 0.666. The Bertz CT molecular complexity index is 528. The third-order valence-corrected chi connectivity index (χ3v) is 2.57. The van der Waals surface area contributed by atoms with Gasteiger partial charge in [0.25, 0.3) is 0 Å². The molecule has 0 radical (unpaired) electrons. The first-order chi connectivity index (χ1) is 7.66. The maximum absolute atomic E-state index is 10.5. The van der Waals surface area contributed by atoms with E-state index < -0.39 is 12.0 Å². The van der Waals surface area contributed by atoms with Crippen LogP contribution in [0.4, 0.5) is 0 Å². The zero-order valence-electron chi connectivity index (χ0n) is 9.72. The molecule has 0 spiro atoms. The van der Waals surface area contributed by atoms with Gasteiger partial charge < -0.3 is 15.6 Å². The number of carboxylic acid groups (broad SMARTS) is 1. The molecule has 82 valence electrons. The average molecular weight is 347 g/mol. The minimum atomic E-state index is -1.21. The molecule has 4 heteroatoms. The number of carbonyl (C=O) groups is 1. The number of rotatable bonds is 3. The summed E-state index contributed by atoms with van der Waals surface area (Å²) < 4.78 is 0. The number of hydrogen-bond donors (Lipinski definition) is 1. The van der Waals surface area contributed by atoms with Crippen LogP contribution in [0.5, 0.6) is 0 Å². The van der Waals surface area contributed by atoms with Crippen molar-refractivity contribution in [1.29, 1.82) is 0 Å². The second kappa shape index (κ2) is 6.94. The molecule has 0 bridgehead atoms. The molecule has 0 unspecified atom stereocenters. The maximum Gasteiger partial charge on any atom is 1.00 e. The fourth-order valence-corrected chi connectivity index (χ4v) is 1.70. The van der Waals surface area contributed by atoms with Crippen LogP contribution in [0.15, 0.2) is 42.5 Å². The molecule has 2 rings (SSSR count). The number of aliphatic carboxylic acids is 1. The van der Waals surface area contributed by atoms with Gasteiger partial charge in [0.1, 0.15) is 0 Å². The van der Waals surface area contributed by atoms with Crippen LogP contribution in [-0.4, -0.2) is 12.0 Å². The van der Waals surface area contributed by atoms with Gasteiger partial charge in [0.15, 0.2) is 0 Å². The van der Waals surface area contributed by atoms with E-state index in [2.05, 4.69) is 0 Å². The summed E-state index contributed by atoms with van der Waals surface area (Å²) in [5.41, 5.74) is 6.34. The Labute approximate surface area is 159 Å². The molecule has 0 saturated carbocycles. The standard InChI is InChI=1S/C13H13NO2.Cs/c14-12(13(15)16)8-9-5-6-10-3-1-2-4-11(10)7-9;/h1-7,12H,8,14H2,(H,15,16);/q;+1/p-1/t12-;/m0./s1. The number of benzene rings is 2. The van der Waals surface area contributed by atoms with Gasteiger partial charge in [-0.1, -0.05) is 42.5 Å². The summed E-state index contributed by atoms with van der Waals surface area (Å²) >= 11 is 0. The predicted molar refractivity (Wildman–Crippen MR) is 60.6 cm³/mol. The van der Waals surface area contributed by atoms with Gasteiger partial charge in [0.2, 0.25) is 0 Å². The molecule has 0 aromatic heterocycles. The molecule has 0 aliphatic heterocycles. The number of carboxylic acids is 1. The van der Waals surface area contributed by atoms with E-state index in [9.17, 15) is 9.90 Å². The maximum atomic E-state index is 10.5. The molecule has 0 fully saturated rings. The van der Waals surface area contributed by atoms with Crippen molar-refractivity contribution in [3.63, 3.8) is 0 Å². The Kier molecular flexibility index (Phi) is 6.22. The molecule has 0 aliphatic rings. The summed E-state index contributed by atoms with van der Waals surface area (Å²) in [6.45, 7) is 0. The van der Waals surface area contributed by atoms with Gasteiger partial charge in [0.05, 0.1) is 5.97 Å². The largest absolute Gasteiger partial charge is 1.00 e. The minimum absolute atomic E-state index is 0. The van der Waals surface area contributed by atoms with Crippen LogP contribution in [0.3, 0.4) is 0 Å². The van der Waals surface area contributed by atoms with E-state index >= 15 is 0 Å². The normalized spacial score (nSPS) is 11.8. The monoisotopic (exact) mass is 347 g/mol. The van der Waals surface area contributed by atoms with Gasteiger partial charge in [-0.15, -0.1) is 0 Å². The first-order valence-electron chi connectivity index (χ1n) is 5.11. The topological polar surface area (TPSA) is 66.2 Å². The Hall–Kier alpha value is 0.182. The third kappa shape index (κ3) is 4.10. The second-order valence-corrected chi connectivity index (χ2v) is 3.81. The van der Waals surface area contributed by atoms with Gasteiger partial charge in [-0.3, -0.25) is 0 Å². The number of carbonyl (C=O) groups excluding carboxylic acids is 1. The molecule has 1 atom stereocenters. The molecule has 3 nitrogen and oxygen atoms in total. The number of hydrogen-bond acceptors (Lipinski definition) is 3. The zero-order chi connectivity index (χ0) is 11.5. The molecule has 0 saturated heterocycles. The van der Waals surface area contributed by atoms with Crippen LogP contribution in [0.1, 0.15) is 5.56 Å². The molecule has 0 heterocycles. The molecule has 2 N–H and O–H groups in total. The van der Waals surface area contributed by atoms with Crippen LogP contribution in [0, 0.1) is 0 Å². The van der Waals surface area contributed by atoms with Gasteiger partial charge in [0, 0.05) is 6.04 Å². The molecule has 17 heavy (non-hydrogen) atoms. The molecule has 0 aliphatic carbocycles. The van der Waals surface area contributed by atoms with Crippen molar-refractivity contribution in [3.05, 3.63) is 48.0 Å². The van der Waals surface area contributed by atoms with E-state index in [1.165, 1.54) is 0 Å². The SMILES string of the molecule is N[C@@H](Cc1ccc2ccccc2c1)C(=O)[O-].[Cs+]. The predicted octanol–water partition coefficient (Wildman–Crippen LogP) is -2.54. The summed E-state index contributed by atoms with van der Waals surface area (Å²) in [5, 5.41) is 12.8. The summed E-state index contributed by atoms with van der Waals surface area (Å²) in [5.74, 6) is -1.21. The Balaban J connectivity index is 0.00000144. The van der Waals surface area contributed by atoms with E-state index in [4.69, 9.17) is 5.73 Å². The van der Waals surface area contributed by atoms with E-state index in [0.717, 1.165) is 16.3 Å². The smallest absolute Gasteiger partial charge is 0.548 e. The van der Waals surface area contributed by atoms with E-state index in [-0.39, 0.29) is 68.9 Å². The van der Waals surface area contributed by atoms with Crippen molar-refractivity contribution in [2.24, 2.45) is 5.73 Å². The van der Waals surface area contributed by atoms with Crippen LogP contribution in [0.25, 0.3) is 10.8 Å². The first kappa shape index (κ1) is 15.2. The Morgan fingerprint density at radius 1 is 1.18 bits per heavy atom. The summed E-state index contributed by atoms with van der Waals surface area (Å²) in [7, 11) is 0. The van der Waals surface area contributed by atoms with E-state index in [1.54, 1.807) is 0 Å². The van der Waals surface area contributed by atoms with Crippen molar-refractivity contribution < 1.29 is 78.8 Å². The molecular weight excluding hydrogens is 335 g/mol. The summed E-state index contributed by atoms with van der Waals surface area (Å²) in [4.78, 5) is 10.5. The molecule has 2 aromatic carbocycles. The van der Waals surface area contributed by atoms with Gasteiger partial charge in [-0.05, 0) is 22.8 Å². The van der Waals surface area contributed by atoms with Crippen LogP contribution >= 0.6 is 0 Å². The summed E-state index contributed by atoms with van der Waals surface area (Å²) in [6, 6.07) is 12.8. The van der Waals surface area contributed by atoms with Crippen molar-refractivity contribution in [2.75, 3.05) is 0 Å². The molecule has 0 amide bonds. The third-order valence-electron chi connectivity index (χ3n) is 2.57. The average Bonchev–Trinajstić information content (AvgIpc) is 2.28. The van der Waals surface area contributed by atoms with Gasteiger partial charge >= 0.3 is 68.9 Å². The van der Waals surface area contributed by atoms with E-state index in [1.807, 2.05) is 42.5 Å². The van der Waals surface area contributed by atoms with Crippen molar-refractivity contribution in [1.82, 2.24) is 0 Å². The summed E-state index contributed by atoms with van der Waals surface area (Å²) in [6.07, 6.45) is 0.299. The fraction of sp³-hybridized carbons (Fsp3) is 0.154. The molecule has 2 aromatic rings. The number of fused-ring (bicyclic) bond motifs is 1. The number of nitrogens with two attached hydrogens (primary N) is 1. The van der Waals surface area contributed by atoms with Crippen LogP contribution in [-0.2, 0) is 11.2 Å². The van der Waals surface area contributed by atoms with Gasteiger partial charge in [-0.25, -0.2) is 0 Å². The van der Waals surface area contributed by atoms with Crippen LogP contribution in [0.2, 0.25) is 0 Å². The van der Waals surface area contributed by atoms with Gasteiger partial charge in [-0.2, -0.15) is 0 Å². The van der Waals surface area contributed by atoms with Crippen molar-refractivity contribution >= 4 is 16.7 Å². The Morgan fingerprint density at radius 2 is 1.82 bits per heavy atom. The van der Waals surface area contributed by atoms with Crippen molar-refractivity contribution in [2.45, 2.75) is 12.5 Å². The van der Waals surface area contributed by atoms with Crippen LogP contribution < -0.4 is 79.7 Å². The molecular formula is C13H12CsNO2.